The minimum absolute atomic E-state index is 0.231. The number of halogens is 1. The van der Waals surface area contributed by atoms with Gasteiger partial charge in [0.05, 0.1) is 5.69 Å². The summed E-state index contributed by atoms with van der Waals surface area (Å²) in [7, 11) is 3.98. The van der Waals surface area contributed by atoms with Crippen LogP contribution < -0.4 is 10.6 Å². The van der Waals surface area contributed by atoms with E-state index in [1.807, 2.05) is 74.4 Å². The quantitative estimate of drug-likeness (QED) is 0.719. The molecule has 1 heterocycles. The molecule has 130 valence electrons. The second-order valence-electron chi connectivity index (χ2n) is 6.28. The van der Waals surface area contributed by atoms with Crippen LogP contribution >= 0.6 is 11.6 Å². The average Bonchev–Trinajstić information content (AvgIpc) is 2.64. The third kappa shape index (κ3) is 3.22. The molecular weight excluding hydrogens is 344 g/mol. The number of nitrogen functional groups attached to an aromatic ring is 1. The van der Waals surface area contributed by atoms with Gasteiger partial charge in [-0.3, -0.25) is 0 Å². The molecule has 0 atom stereocenters. The van der Waals surface area contributed by atoms with Gasteiger partial charge < -0.3 is 10.6 Å². The summed E-state index contributed by atoms with van der Waals surface area (Å²) < 4.78 is 0. The molecule has 0 bridgehead atoms. The Morgan fingerprint density at radius 1 is 1.00 bits per heavy atom. The van der Waals surface area contributed by atoms with Crippen molar-refractivity contribution in [1.29, 1.82) is 5.26 Å². The van der Waals surface area contributed by atoms with Crippen LogP contribution in [0.5, 0.6) is 0 Å². The number of benzene rings is 2. The number of nitriles is 1. The molecule has 4 nitrogen and oxygen atoms in total. The SMILES string of the molecule is Cc1c(-c2ccc(Cl)cc2)nc(N)c(C#N)c1-c1ccc(N(C)C)cc1. The van der Waals surface area contributed by atoms with Crippen molar-refractivity contribution in [2.45, 2.75) is 6.92 Å². The maximum atomic E-state index is 9.63. The van der Waals surface area contributed by atoms with Crippen LogP contribution in [-0.2, 0) is 0 Å². The van der Waals surface area contributed by atoms with Gasteiger partial charge in [-0.1, -0.05) is 35.9 Å². The first kappa shape index (κ1) is 17.8. The predicted octanol–water partition coefficient (Wildman–Crippen LogP) is 4.90. The van der Waals surface area contributed by atoms with Gasteiger partial charge in [0.15, 0.2) is 0 Å². The Kier molecular flexibility index (Phi) is 4.83. The van der Waals surface area contributed by atoms with Gasteiger partial charge in [-0.2, -0.15) is 5.26 Å². The highest BCUT2D eigenvalue weighted by atomic mass is 35.5. The average molecular weight is 363 g/mol. The smallest absolute Gasteiger partial charge is 0.142 e. The molecule has 0 saturated heterocycles. The van der Waals surface area contributed by atoms with E-state index in [9.17, 15) is 5.26 Å². The summed E-state index contributed by atoms with van der Waals surface area (Å²) in [5.41, 5.74) is 11.9. The van der Waals surface area contributed by atoms with Crippen molar-refractivity contribution >= 4 is 23.1 Å². The van der Waals surface area contributed by atoms with Crippen molar-refractivity contribution < 1.29 is 0 Å². The second-order valence-corrected chi connectivity index (χ2v) is 6.72. The first-order valence-corrected chi connectivity index (χ1v) is 8.54. The molecule has 26 heavy (non-hydrogen) atoms. The zero-order valence-corrected chi connectivity index (χ0v) is 15.7. The fourth-order valence-corrected chi connectivity index (χ4v) is 3.11. The van der Waals surface area contributed by atoms with E-state index < -0.39 is 0 Å². The lowest BCUT2D eigenvalue weighted by Gasteiger charge is -2.17. The van der Waals surface area contributed by atoms with Gasteiger partial charge in [-0.25, -0.2) is 4.98 Å². The van der Waals surface area contributed by atoms with Crippen LogP contribution in [0.2, 0.25) is 5.02 Å². The van der Waals surface area contributed by atoms with Crippen molar-refractivity contribution in [3.8, 4) is 28.5 Å². The summed E-state index contributed by atoms with van der Waals surface area (Å²) in [6.45, 7) is 1.96. The Bertz CT molecular complexity index is 985. The molecule has 3 aromatic rings. The van der Waals surface area contributed by atoms with Crippen LogP contribution in [0.4, 0.5) is 11.5 Å². The molecule has 0 aliphatic carbocycles. The predicted molar refractivity (Wildman–Crippen MR) is 108 cm³/mol. The van der Waals surface area contributed by atoms with E-state index >= 15 is 0 Å². The van der Waals surface area contributed by atoms with E-state index in [1.165, 1.54) is 0 Å². The van der Waals surface area contributed by atoms with Crippen molar-refractivity contribution in [3.05, 3.63) is 64.7 Å². The Morgan fingerprint density at radius 3 is 2.12 bits per heavy atom. The molecule has 0 aliphatic rings. The van der Waals surface area contributed by atoms with Gasteiger partial charge >= 0.3 is 0 Å². The largest absolute Gasteiger partial charge is 0.383 e. The highest BCUT2D eigenvalue weighted by molar-refractivity contribution is 6.30. The topological polar surface area (TPSA) is 65.9 Å². The highest BCUT2D eigenvalue weighted by Gasteiger charge is 2.18. The number of rotatable bonds is 3. The van der Waals surface area contributed by atoms with Gasteiger partial charge in [0.1, 0.15) is 17.5 Å². The molecular formula is C21H19ClN4. The van der Waals surface area contributed by atoms with Gasteiger partial charge in [-0.15, -0.1) is 0 Å². The molecule has 0 amide bonds. The molecule has 2 aromatic carbocycles. The fraction of sp³-hybridized carbons (Fsp3) is 0.143. The van der Waals surface area contributed by atoms with E-state index in [4.69, 9.17) is 17.3 Å². The lowest BCUT2D eigenvalue weighted by Crippen LogP contribution is -2.08. The fourth-order valence-electron chi connectivity index (χ4n) is 2.98. The van der Waals surface area contributed by atoms with Crippen LogP contribution in [0.15, 0.2) is 48.5 Å². The zero-order chi connectivity index (χ0) is 18.8. The summed E-state index contributed by atoms with van der Waals surface area (Å²) in [4.78, 5) is 6.51. The van der Waals surface area contributed by atoms with Crippen molar-refractivity contribution in [2.75, 3.05) is 24.7 Å². The molecule has 0 unspecified atom stereocenters. The zero-order valence-electron chi connectivity index (χ0n) is 14.9. The maximum absolute atomic E-state index is 9.63. The van der Waals surface area contributed by atoms with E-state index in [0.29, 0.717) is 10.6 Å². The minimum Gasteiger partial charge on any atom is -0.383 e. The molecule has 3 rings (SSSR count). The number of pyridine rings is 1. The summed E-state index contributed by atoms with van der Waals surface area (Å²) >= 11 is 5.99. The Morgan fingerprint density at radius 2 is 1.58 bits per heavy atom. The van der Waals surface area contributed by atoms with Crippen molar-refractivity contribution in [2.24, 2.45) is 0 Å². The van der Waals surface area contributed by atoms with E-state index in [-0.39, 0.29) is 5.82 Å². The Labute approximate surface area is 158 Å². The number of aromatic nitrogens is 1. The van der Waals surface area contributed by atoms with Gasteiger partial charge in [-0.05, 0) is 42.3 Å². The van der Waals surface area contributed by atoms with E-state index in [1.54, 1.807) is 0 Å². The standard InChI is InChI=1S/C21H19ClN4/c1-13-19(14-6-10-17(11-7-14)26(2)3)18(12-23)21(24)25-20(13)15-4-8-16(22)9-5-15/h4-11H,1-3H3,(H2,24,25). The van der Waals surface area contributed by atoms with Crippen LogP contribution in [0.25, 0.3) is 22.4 Å². The first-order chi connectivity index (χ1) is 12.4. The van der Waals surface area contributed by atoms with Crippen molar-refractivity contribution in [1.82, 2.24) is 4.98 Å². The van der Waals surface area contributed by atoms with Crippen molar-refractivity contribution in [3.63, 3.8) is 0 Å². The summed E-state index contributed by atoms with van der Waals surface area (Å²) in [5.74, 6) is 0.231. The van der Waals surface area contributed by atoms with Crippen LogP contribution in [0, 0.1) is 18.3 Å². The lowest BCUT2D eigenvalue weighted by atomic mass is 9.92. The monoisotopic (exact) mass is 362 g/mol. The molecule has 5 heteroatoms. The summed E-state index contributed by atoms with van der Waals surface area (Å²) in [5, 5.41) is 10.3. The maximum Gasteiger partial charge on any atom is 0.142 e. The number of nitrogens with zero attached hydrogens (tertiary/aromatic N) is 3. The third-order valence-electron chi connectivity index (χ3n) is 4.37. The molecule has 0 saturated carbocycles. The molecule has 1 aromatic heterocycles. The third-order valence-corrected chi connectivity index (χ3v) is 4.62. The van der Waals surface area contributed by atoms with Crippen LogP contribution in [-0.4, -0.2) is 19.1 Å². The highest BCUT2D eigenvalue weighted by Crippen LogP contribution is 2.36. The molecule has 0 spiro atoms. The molecule has 2 N–H and O–H groups in total. The summed E-state index contributed by atoms with van der Waals surface area (Å²) in [6, 6.07) is 17.7. The normalized spacial score (nSPS) is 10.4. The van der Waals surface area contributed by atoms with Gasteiger partial charge in [0, 0.05) is 35.9 Å². The van der Waals surface area contributed by atoms with Crippen LogP contribution in [0.1, 0.15) is 11.1 Å². The molecule has 0 aliphatic heterocycles. The van der Waals surface area contributed by atoms with Crippen LogP contribution in [0.3, 0.4) is 0 Å². The lowest BCUT2D eigenvalue weighted by molar-refractivity contribution is 1.13. The molecule has 0 radical (unpaired) electrons. The number of nitrogens with two attached hydrogens (primary N) is 1. The second kappa shape index (κ2) is 7.07. The Balaban J connectivity index is 2.23. The Hall–Kier alpha value is -3.03. The summed E-state index contributed by atoms with van der Waals surface area (Å²) in [6.07, 6.45) is 0. The minimum atomic E-state index is 0.231. The van der Waals surface area contributed by atoms with Gasteiger partial charge in [0.2, 0.25) is 0 Å². The number of hydrogen-bond donors (Lipinski definition) is 1. The van der Waals surface area contributed by atoms with E-state index in [0.717, 1.165) is 33.6 Å². The first-order valence-electron chi connectivity index (χ1n) is 8.16. The van der Waals surface area contributed by atoms with E-state index in [2.05, 4.69) is 11.1 Å². The molecule has 0 fully saturated rings. The van der Waals surface area contributed by atoms with Gasteiger partial charge in [0.25, 0.3) is 0 Å². The number of anilines is 2. The number of hydrogen-bond acceptors (Lipinski definition) is 4.